The van der Waals surface area contributed by atoms with Crippen molar-refractivity contribution in [1.29, 1.82) is 0 Å². The minimum atomic E-state index is 0.207. The lowest BCUT2D eigenvalue weighted by atomic mass is 9.94. The number of rotatable bonds is 3. The molecule has 0 N–H and O–H groups in total. The number of ether oxygens (including phenoxy) is 1. The minimum absolute atomic E-state index is 0.207. The van der Waals surface area contributed by atoms with E-state index in [1.807, 2.05) is 12.1 Å². The van der Waals surface area contributed by atoms with Gasteiger partial charge in [0.2, 0.25) is 0 Å². The minimum Gasteiger partial charge on any atom is -0.497 e. The van der Waals surface area contributed by atoms with E-state index in [1.54, 1.807) is 7.11 Å². The predicted octanol–water partition coefficient (Wildman–Crippen LogP) is 6.04. The molecule has 2 aromatic rings. The van der Waals surface area contributed by atoms with Crippen molar-refractivity contribution in [3.63, 3.8) is 0 Å². The Kier molecular flexibility index (Phi) is 6.23. The van der Waals surface area contributed by atoms with Gasteiger partial charge in [-0.1, -0.05) is 36.1 Å². The molecule has 2 aromatic carbocycles. The van der Waals surface area contributed by atoms with Crippen LogP contribution in [0.3, 0.4) is 0 Å². The highest BCUT2D eigenvalue weighted by molar-refractivity contribution is 5.59. The molecule has 2 heteroatoms. The first-order valence-electron chi connectivity index (χ1n) is 10.5. The van der Waals surface area contributed by atoms with Crippen molar-refractivity contribution in [3.05, 3.63) is 71.3 Å². The molecule has 0 saturated heterocycles. The normalized spacial score (nSPS) is 20.5. The van der Waals surface area contributed by atoms with E-state index in [0.717, 1.165) is 50.8 Å². The molecule has 1 unspecified atom stereocenters. The zero-order chi connectivity index (χ0) is 19.9. The number of fused-ring (bicyclic) bond motifs is 1. The van der Waals surface area contributed by atoms with Crippen LogP contribution in [0.5, 0.6) is 5.75 Å². The molecule has 2 nitrogen and oxygen atoms in total. The maximum atomic E-state index is 5.35. The second kappa shape index (κ2) is 9.40. The second-order valence-electron chi connectivity index (χ2n) is 7.53. The molecular weight excluding hydrogens is 354 g/mol. The lowest BCUT2D eigenvalue weighted by Crippen LogP contribution is -2.23. The quantitative estimate of drug-likeness (QED) is 0.601. The monoisotopic (exact) mass is 381 g/mol. The average Bonchev–Trinajstić information content (AvgIpc) is 3.14. The van der Waals surface area contributed by atoms with Gasteiger partial charge in [-0.2, -0.15) is 0 Å². The van der Waals surface area contributed by atoms with Crippen molar-refractivity contribution < 1.29 is 4.74 Å². The number of methoxy groups -OCH3 is 1. The summed E-state index contributed by atoms with van der Waals surface area (Å²) in [4.78, 5) is 2.48. The van der Waals surface area contributed by atoms with E-state index in [1.165, 1.54) is 22.4 Å². The Hall–Kier alpha value is -3.10. The zero-order valence-electron chi connectivity index (χ0n) is 17.1. The van der Waals surface area contributed by atoms with Crippen LogP contribution in [0.15, 0.2) is 60.2 Å². The van der Waals surface area contributed by atoms with Crippen LogP contribution in [0.25, 0.3) is 0 Å². The van der Waals surface area contributed by atoms with Crippen LogP contribution in [0, 0.1) is 23.7 Å². The number of allylic oxidation sites excluding steroid dienone is 1. The van der Waals surface area contributed by atoms with Crippen LogP contribution in [-0.4, -0.2) is 7.11 Å². The third-order valence-corrected chi connectivity index (χ3v) is 5.63. The molecule has 0 aromatic heterocycles. The van der Waals surface area contributed by atoms with E-state index in [-0.39, 0.29) is 6.04 Å². The number of hydrogen-bond donors (Lipinski definition) is 0. The summed E-state index contributed by atoms with van der Waals surface area (Å²) in [6.45, 7) is 0.906. The first-order chi connectivity index (χ1) is 14.4. The van der Waals surface area contributed by atoms with Crippen LogP contribution in [0.4, 0.5) is 5.69 Å². The van der Waals surface area contributed by atoms with Gasteiger partial charge in [-0.25, -0.2) is 0 Å². The van der Waals surface area contributed by atoms with Crippen molar-refractivity contribution in [3.8, 4) is 29.4 Å². The van der Waals surface area contributed by atoms with E-state index >= 15 is 0 Å². The van der Waals surface area contributed by atoms with Crippen molar-refractivity contribution in [1.82, 2.24) is 0 Å². The van der Waals surface area contributed by atoms with Gasteiger partial charge in [-0.3, -0.25) is 0 Å². The molecule has 1 aliphatic heterocycles. The molecule has 146 valence electrons. The third kappa shape index (κ3) is 4.49. The summed E-state index contributed by atoms with van der Waals surface area (Å²) in [7, 11) is 1.71. The molecule has 1 heterocycles. The van der Waals surface area contributed by atoms with Crippen molar-refractivity contribution in [2.24, 2.45) is 0 Å². The Morgan fingerprint density at radius 2 is 1.66 bits per heavy atom. The summed E-state index contributed by atoms with van der Waals surface area (Å²) in [6.07, 6.45) is 8.23. The van der Waals surface area contributed by atoms with E-state index in [0.29, 0.717) is 0 Å². The van der Waals surface area contributed by atoms with Gasteiger partial charge in [0.05, 0.1) is 13.2 Å². The summed E-state index contributed by atoms with van der Waals surface area (Å²) < 4.78 is 5.35. The number of benzene rings is 2. The summed E-state index contributed by atoms with van der Waals surface area (Å²) in [6, 6.07) is 17.4. The van der Waals surface area contributed by atoms with Gasteiger partial charge < -0.3 is 9.64 Å². The maximum Gasteiger partial charge on any atom is 0.119 e. The lowest BCUT2D eigenvalue weighted by molar-refractivity contribution is 0.415. The Balaban J connectivity index is 1.72. The lowest BCUT2D eigenvalue weighted by Gasteiger charge is -2.29. The van der Waals surface area contributed by atoms with Gasteiger partial charge in [0.15, 0.2) is 0 Å². The van der Waals surface area contributed by atoms with E-state index in [4.69, 9.17) is 4.74 Å². The fraction of sp³-hybridized carbons (Fsp3) is 0.333. The molecule has 0 radical (unpaired) electrons. The molecule has 1 atom stereocenters. The van der Waals surface area contributed by atoms with Gasteiger partial charge in [0.25, 0.3) is 0 Å². The molecule has 1 aliphatic carbocycles. The van der Waals surface area contributed by atoms with Crippen LogP contribution < -0.4 is 9.64 Å². The molecule has 2 aliphatic rings. The summed E-state index contributed by atoms with van der Waals surface area (Å²) in [5, 5.41) is 0. The predicted molar refractivity (Wildman–Crippen MR) is 120 cm³/mol. The van der Waals surface area contributed by atoms with Crippen molar-refractivity contribution >= 4 is 5.69 Å². The topological polar surface area (TPSA) is 12.5 Å². The zero-order valence-corrected chi connectivity index (χ0v) is 17.1. The average molecular weight is 382 g/mol. The molecular formula is C27H27NO. The fourth-order valence-corrected chi connectivity index (χ4v) is 4.12. The number of anilines is 1. The highest BCUT2D eigenvalue weighted by atomic mass is 16.5. The van der Waals surface area contributed by atoms with E-state index in [2.05, 4.69) is 71.1 Å². The van der Waals surface area contributed by atoms with Gasteiger partial charge >= 0.3 is 0 Å². The van der Waals surface area contributed by atoms with E-state index in [9.17, 15) is 0 Å². The van der Waals surface area contributed by atoms with Gasteiger partial charge in [-0.15, -0.1) is 11.8 Å². The smallest absolute Gasteiger partial charge is 0.119 e. The molecule has 0 fully saturated rings. The molecule has 0 amide bonds. The highest BCUT2D eigenvalue weighted by Gasteiger charge is 2.32. The Morgan fingerprint density at radius 1 is 0.897 bits per heavy atom. The van der Waals surface area contributed by atoms with Crippen LogP contribution in [0.2, 0.25) is 0 Å². The largest absolute Gasteiger partial charge is 0.497 e. The maximum absolute atomic E-state index is 5.35. The highest BCUT2D eigenvalue weighted by Crippen LogP contribution is 2.43. The molecule has 29 heavy (non-hydrogen) atoms. The Labute approximate surface area is 174 Å². The van der Waals surface area contributed by atoms with Crippen LogP contribution >= 0.6 is 0 Å². The second-order valence-corrected chi connectivity index (χ2v) is 7.53. The molecule has 0 spiro atoms. The SMILES string of the molecule is COc1ccc(N2Cc3ccccc3C2/C2=C/C#CCCCCC#CCC2)cc1. The Bertz CT molecular complexity index is 995. The third-order valence-electron chi connectivity index (χ3n) is 5.63. The van der Waals surface area contributed by atoms with Crippen molar-refractivity contribution in [2.75, 3.05) is 12.0 Å². The first kappa shape index (κ1) is 19.2. The van der Waals surface area contributed by atoms with Crippen LogP contribution in [0.1, 0.15) is 55.7 Å². The van der Waals surface area contributed by atoms with Gasteiger partial charge in [0.1, 0.15) is 5.75 Å². The van der Waals surface area contributed by atoms with Gasteiger partial charge in [-0.05, 0) is 66.3 Å². The molecule has 0 bridgehead atoms. The summed E-state index contributed by atoms with van der Waals surface area (Å²) in [5.41, 5.74) is 5.34. The van der Waals surface area contributed by atoms with Crippen molar-refractivity contribution in [2.45, 2.75) is 51.1 Å². The molecule has 4 rings (SSSR count). The Morgan fingerprint density at radius 3 is 2.48 bits per heavy atom. The van der Waals surface area contributed by atoms with Gasteiger partial charge in [0, 0.05) is 31.5 Å². The summed E-state index contributed by atoms with van der Waals surface area (Å²) in [5.74, 6) is 14.3. The summed E-state index contributed by atoms with van der Waals surface area (Å²) >= 11 is 0. The number of nitrogens with zero attached hydrogens (tertiary/aromatic N) is 1. The van der Waals surface area contributed by atoms with E-state index < -0.39 is 0 Å². The van der Waals surface area contributed by atoms with Crippen LogP contribution in [-0.2, 0) is 6.54 Å². The molecule has 0 saturated carbocycles. The first-order valence-corrected chi connectivity index (χ1v) is 10.5. The number of hydrogen-bond acceptors (Lipinski definition) is 2. The standard InChI is InChI=1S/C27H27NO/c1-29-25-19-17-24(18-20-25)28-21-23-15-11-12-16-26(23)27(28)22-13-9-7-5-3-2-4-6-8-10-14-22/h11-13,15-20,27H,2-5,10,14,21H2,1H3/b22-13+. The fourth-order valence-electron chi connectivity index (χ4n) is 4.12.